The molecule has 1 aliphatic heterocycles. The molecular formula is C11H24N2O2. The molecule has 0 aromatic carbocycles. The Morgan fingerprint density at radius 2 is 2.33 bits per heavy atom. The van der Waals surface area contributed by atoms with Crippen LogP contribution in [0.1, 0.15) is 12.8 Å². The third kappa shape index (κ3) is 4.07. The summed E-state index contributed by atoms with van der Waals surface area (Å²) in [6, 6.07) is 0. The van der Waals surface area contributed by atoms with Gasteiger partial charge in [-0.3, -0.25) is 0 Å². The van der Waals surface area contributed by atoms with Crippen molar-refractivity contribution in [1.82, 2.24) is 10.2 Å². The highest BCUT2D eigenvalue weighted by Gasteiger charge is 2.33. The largest absolute Gasteiger partial charge is 0.395 e. The van der Waals surface area contributed by atoms with Gasteiger partial charge in [0.25, 0.3) is 0 Å². The summed E-state index contributed by atoms with van der Waals surface area (Å²) in [6.45, 7) is 4.69. The minimum absolute atomic E-state index is 0.229. The van der Waals surface area contributed by atoms with Gasteiger partial charge in [-0.05, 0) is 26.9 Å². The molecule has 15 heavy (non-hydrogen) atoms. The van der Waals surface area contributed by atoms with Gasteiger partial charge in [0, 0.05) is 31.7 Å². The number of likely N-dealkylation sites (N-methyl/N-ethyl adjacent to an activating group) is 1. The number of ether oxygens (including phenoxy) is 1. The fraction of sp³-hybridized carbons (Fsp3) is 1.00. The summed E-state index contributed by atoms with van der Waals surface area (Å²) in [4.78, 5) is 2.19. The van der Waals surface area contributed by atoms with Crippen LogP contribution in [0, 0.1) is 5.41 Å². The van der Waals surface area contributed by atoms with Crippen LogP contribution >= 0.6 is 0 Å². The van der Waals surface area contributed by atoms with E-state index in [1.807, 2.05) is 7.05 Å². The van der Waals surface area contributed by atoms with Crippen molar-refractivity contribution in [2.75, 3.05) is 53.6 Å². The monoisotopic (exact) mass is 216 g/mol. The van der Waals surface area contributed by atoms with Crippen LogP contribution in [0.25, 0.3) is 0 Å². The summed E-state index contributed by atoms with van der Waals surface area (Å²) in [7, 11) is 4.05. The first-order chi connectivity index (χ1) is 7.22. The fourth-order valence-corrected chi connectivity index (χ4v) is 2.43. The second-order valence-corrected chi connectivity index (χ2v) is 4.65. The van der Waals surface area contributed by atoms with Crippen LogP contribution in [0.2, 0.25) is 0 Å². The smallest absolute Gasteiger partial charge is 0.0558 e. The van der Waals surface area contributed by atoms with Crippen molar-refractivity contribution >= 4 is 0 Å². The van der Waals surface area contributed by atoms with E-state index < -0.39 is 0 Å². The third-order valence-electron chi connectivity index (χ3n) is 3.04. The predicted molar refractivity (Wildman–Crippen MR) is 61.0 cm³/mol. The van der Waals surface area contributed by atoms with E-state index in [1.54, 1.807) is 0 Å². The molecule has 2 N–H and O–H groups in total. The van der Waals surface area contributed by atoms with Crippen molar-refractivity contribution in [2.24, 2.45) is 5.41 Å². The highest BCUT2D eigenvalue weighted by molar-refractivity contribution is 4.86. The molecule has 1 unspecified atom stereocenters. The van der Waals surface area contributed by atoms with Crippen LogP contribution in [0.5, 0.6) is 0 Å². The summed E-state index contributed by atoms with van der Waals surface area (Å²) in [6.07, 6.45) is 2.36. The molecule has 1 saturated heterocycles. The molecule has 1 fully saturated rings. The molecule has 4 nitrogen and oxygen atoms in total. The van der Waals surface area contributed by atoms with Crippen molar-refractivity contribution in [3.8, 4) is 0 Å². The molecule has 1 rings (SSSR count). The first kappa shape index (κ1) is 12.9. The van der Waals surface area contributed by atoms with Crippen LogP contribution in [-0.2, 0) is 4.74 Å². The first-order valence-corrected chi connectivity index (χ1v) is 5.74. The Morgan fingerprint density at radius 1 is 1.53 bits per heavy atom. The Kier molecular flexibility index (Phi) is 5.53. The van der Waals surface area contributed by atoms with E-state index in [4.69, 9.17) is 9.84 Å². The lowest BCUT2D eigenvalue weighted by molar-refractivity contribution is -0.0232. The van der Waals surface area contributed by atoms with Gasteiger partial charge in [0.05, 0.1) is 13.2 Å². The number of nitrogens with one attached hydrogen (secondary N) is 1. The maximum atomic E-state index is 8.89. The molecule has 0 aromatic heterocycles. The molecule has 0 amide bonds. The Balaban J connectivity index is 2.47. The number of hydrogen-bond donors (Lipinski definition) is 2. The van der Waals surface area contributed by atoms with Crippen LogP contribution in [0.4, 0.5) is 0 Å². The second kappa shape index (κ2) is 6.43. The Bertz CT molecular complexity index is 164. The number of rotatable bonds is 6. The third-order valence-corrected chi connectivity index (χ3v) is 3.04. The topological polar surface area (TPSA) is 44.7 Å². The molecule has 1 heterocycles. The molecule has 90 valence electrons. The van der Waals surface area contributed by atoms with Crippen molar-refractivity contribution in [1.29, 1.82) is 0 Å². The van der Waals surface area contributed by atoms with E-state index in [2.05, 4.69) is 17.3 Å². The summed E-state index contributed by atoms with van der Waals surface area (Å²) >= 11 is 0. The van der Waals surface area contributed by atoms with E-state index in [-0.39, 0.29) is 12.0 Å². The maximum Gasteiger partial charge on any atom is 0.0558 e. The van der Waals surface area contributed by atoms with Crippen molar-refractivity contribution in [3.05, 3.63) is 0 Å². The van der Waals surface area contributed by atoms with Gasteiger partial charge in [0.15, 0.2) is 0 Å². The molecule has 0 spiro atoms. The van der Waals surface area contributed by atoms with Crippen molar-refractivity contribution in [3.63, 3.8) is 0 Å². The second-order valence-electron chi connectivity index (χ2n) is 4.65. The summed E-state index contributed by atoms with van der Waals surface area (Å²) < 4.78 is 5.59. The normalized spacial score (nSPS) is 27.2. The van der Waals surface area contributed by atoms with Crippen molar-refractivity contribution in [2.45, 2.75) is 12.8 Å². The number of hydrogen-bond acceptors (Lipinski definition) is 4. The lowest BCUT2D eigenvalue weighted by Crippen LogP contribution is -2.48. The highest BCUT2D eigenvalue weighted by atomic mass is 16.5. The Morgan fingerprint density at radius 3 is 2.87 bits per heavy atom. The molecule has 0 aliphatic carbocycles. The van der Waals surface area contributed by atoms with E-state index in [1.165, 1.54) is 6.42 Å². The number of aliphatic hydroxyl groups is 1. The Hall–Kier alpha value is -0.160. The van der Waals surface area contributed by atoms with Crippen LogP contribution in [0.15, 0.2) is 0 Å². The standard InChI is InChI=1S/C11H24N2O2/c1-12-8-11(4-3-7-15-10-11)9-13(2)5-6-14/h12,14H,3-10H2,1-2H3. The summed E-state index contributed by atoms with van der Waals surface area (Å²) in [5.74, 6) is 0. The SMILES string of the molecule is CNCC1(CN(C)CCO)CCCOC1. The number of nitrogens with zero attached hydrogens (tertiary/aromatic N) is 1. The van der Waals surface area contributed by atoms with E-state index in [9.17, 15) is 0 Å². The number of aliphatic hydroxyl groups excluding tert-OH is 1. The van der Waals surface area contributed by atoms with Crippen LogP contribution in [0.3, 0.4) is 0 Å². The van der Waals surface area contributed by atoms with Crippen LogP contribution in [-0.4, -0.2) is 63.6 Å². The van der Waals surface area contributed by atoms with Gasteiger partial charge in [-0.2, -0.15) is 0 Å². The molecule has 1 atom stereocenters. The maximum absolute atomic E-state index is 8.89. The van der Waals surface area contributed by atoms with E-state index >= 15 is 0 Å². The summed E-state index contributed by atoms with van der Waals surface area (Å²) in [5.41, 5.74) is 0.233. The zero-order valence-electron chi connectivity index (χ0n) is 9.96. The highest BCUT2D eigenvalue weighted by Crippen LogP contribution is 2.28. The summed E-state index contributed by atoms with van der Waals surface area (Å²) in [5, 5.41) is 12.1. The zero-order valence-corrected chi connectivity index (χ0v) is 9.96. The average molecular weight is 216 g/mol. The molecule has 0 radical (unpaired) electrons. The van der Waals surface area contributed by atoms with Gasteiger partial charge < -0.3 is 20.1 Å². The molecule has 4 heteroatoms. The van der Waals surface area contributed by atoms with Gasteiger partial charge in [-0.15, -0.1) is 0 Å². The molecular weight excluding hydrogens is 192 g/mol. The van der Waals surface area contributed by atoms with Crippen LogP contribution < -0.4 is 5.32 Å². The van der Waals surface area contributed by atoms with Gasteiger partial charge in [0.1, 0.15) is 0 Å². The lowest BCUT2D eigenvalue weighted by atomic mass is 9.82. The molecule has 1 aliphatic rings. The predicted octanol–water partition coefficient (Wildman–Crippen LogP) is -0.0733. The van der Waals surface area contributed by atoms with Crippen molar-refractivity contribution < 1.29 is 9.84 Å². The van der Waals surface area contributed by atoms with E-state index in [0.717, 1.165) is 39.3 Å². The lowest BCUT2D eigenvalue weighted by Gasteiger charge is -2.39. The van der Waals surface area contributed by atoms with Gasteiger partial charge in [-0.1, -0.05) is 0 Å². The van der Waals surface area contributed by atoms with Gasteiger partial charge >= 0.3 is 0 Å². The quantitative estimate of drug-likeness (QED) is 0.652. The Labute approximate surface area is 92.6 Å². The molecule has 0 bridgehead atoms. The average Bonchev–Trinajstić information content (AvgIpc) is 2.19. The van der Waals surface area contributed by atoms with Gasteiger partial charge in [0.2, 0.25) is 0 Å². The zero-order chi connectivity index (χ0) is 11.1. The fourth-order valence-electron chi connectivity index (χ4n) is 2.43. The first-order valence-electron chi connectivity index (χ1n) is 5.74. The van der Waals surface area contributed by atoms with Gasteiger partial charge in [-0.25, -0.2) is 0 Å². The minimum atomic E-state index is 0.229. The minimum Gasteiger partial charge on any atom is -0.395 e. The van der Waals surface area contributed by atoms with E-state index in [0.29, 0.717) is 0 Å². The molecule has 0 saturated carbocycles. The molecule has 0 aromatic rings.